The maximum absolute atomic E-state index is 12.3. The molecule has 2 amide bonds. The van der Waals surface area contributed by atoms with Crippen LogP contribution in [0.15, 0.2) is 60.7 Å². The van der Waals surface area contributed by atoms with E-state index in [1.54, 1.807) is 0 Å². The van der Waals surface area contributed by atoms with E-state index in [2.05, 4.69) is 0 Å². The van der Waals surface area contributed by atoms with E-state index in [1.165, 1.54) is 0 Å². The SMILES string of the molecule is NC(=O)CCC(C(N)=O)(c1ccccc1)c1ccccc1. The molecular formula is C17H18N2O2. The van der Waals surface area contributed by atoms with Gasteiger partial charge in [-0.2, -0.15) is 0 Å². The third-order valence-electron chi connectivity index (χ3n) is 3.70. The summed E-state index contributed by atoms with van der Waals surface area (Å²) in [5.74, 6) is -0.936. The summed E-state index contributed by atoms with van der Waals surface area (Å²) in [7, 11) is 0. The zero-order valence-corrected chi connectivity index (χ0v) is 11.7. The minimum atomic E-state index is -1.04. The first-order valence-electron chi connectivity index (χ1n) is 6.76. The van der Waals surface area contributed by atoms with Gasteiger partial charge in [-0.05, 0) is 17.5 Å². The van der Waals surface area contributed by atoms with Crippen molar-refractivity contribution in [3.63, 3.8) is 0 Å². The number of nitrogens with two attached hydrogens (primary N) is 2. The van der Waals surface area contributed by atoms with Crippen molar-refractivity contribution in [2.45, 2.75) is 18.3 Å². The van der Waals surface area contributed by atoms with E-state index in [0.717, 1.165) is 11.1 Å². The highest BCUT2D eigenvalue weighted by atomic mass is 16.1. The van der Waals surface area contributed by atoms with Crippen LogP contribution in [0.3, 0.4) is 0 Å². The maximum Gasteiger partial charge on any atom is 0.232 e. The van der Waals surface area contributed by atoms with Gasteiger partial charge in [-0.15, -0.1) is 0 Å². The lowest BCUT2D eigenvalue weighted by Crippen LogP contribution is -2.43. The second-order valence-electron chi connectivity index (χ2n) is 4.97. The van der Waals surface area contributed by atoms with Crippen LogP contribution >= 0.6 is 0 Å². The number of hydrogen-bond acceptors (Lipinski definition) is 2. The van der Waals surface area contributed by atoms with Crippen LogP contribution in [0.2, 0.25) is 0 Å². The van der Waals surface area contributed by atoms with E-state index < -0.39 is 17.2 Å². The van der Waals surface area contributed by atoms with Crippen molar-refractivity contribution in [3.05, 3.63) is 71.8 Å². The van der Waals surface area contributed by atoms with Crippen LogP contribution in [0.1, 0.15) is 24.0 Å². The Kier molecular flexibility index (Phi) is 4.38. The summed E-state index contributed by atoms with van der Waals surface area (Å²) in [5, 5.41) is 0. The highest BCUT2D eigenvalue weighted by molar-refractivity contribution is 5.91. The number of hydrogen-bond donors (Lipinski definition) is 2. The van der Waals surface area contributed by atoms with Crippen molar-refractivity contribution < 1.29 is 9.59 Å². The monoisotopic (exact) mass is 282 g/mol. The van der Waals surface area contributed by atoms with Crippen molar-refractivity contribution in [2.24, 2.45) is 11.5 Å². The van der Waals surface area contributed by atoms with Gasteiger partial charge < -0.3 is 11.5 Å². The molecule has 0 fully saturated rings. The van der Waals surface area contributed by atoms with E-state index in [1.807, 2.05) is 60.7 Å². The molecule has 21 heavy (non-hydrogen) atoms. The first kappa shape index (κ1) is 14.8. The van der Waals surface area contributed by atoms with Crippen molar-refractivity contribution in [3.8, 4) is 0 Å². The van der Waals surface area contributed by atoms with Crippen LogP contribution in [-0.4, -0.2) is 11.8 Å². The summed E-state index contributed by atoms with van der Waals surface area (Å²) in [5.41, 5.74) is 11.5. The Hall–Kier alpha value is -2.62. The predicted molar refractivity (Wildman–Crippen MR) is 81.3 cm³/mol. The smallest absolute Gasteiger partial charge is 0.232 e. The lowest BCUT2D eigenvalue weighted by Gasteiger charge is -2.31. The Labute approximate surface area is 123 Å². The van der Waals surface area contributed by atoms with Gasteiger partial charge in [-0.25, -0.2) is 0 Å². The van der Waals surface area contributed by atoms with Crippen LogP contribution in [0, 0.1) is 0 Å². The summed E-state index contributed by atoms with van der Waals surface area (Å²) < 4.78 is 0. The molecule has 108 valence electrons. The molecule has 0 atom stereocenters. The van der Waals surface area contributed by atoms with E-state index in [4.69, 9.17) is 11.5 Å². The molecule has 4 nitrogen and oxygen atoms in total. The standard InChI is InChI=1S/C17H18N2O2/c18-15(20)11-12-17(16(19)21,13-7-3-1-4-8-13)14-9-5-2-6-10-14/h1-10H,11-12H2,(H2,18,20)(H2,19,21). The topological polar surface area (TPSA) is 86.2 Å². The molecule has 0 saturated carbocycles. The zero-order chi connectivity index (χ0) is 15.3. The lowest BCUT2D eigenvalue weighted by atomic mass is 9.70. The third kappa shape index (κ3) is 2.94. The molecule has 2 aromatic rings. The molecular weight excluding hydrogens is 264 g/mol. The molecule has 0 heterocycles. The fraction of sp³-hybridized carbons (Fsp3) is 0.176. The molecule has 2 rings (SSSR count). The summed E-state index contributed by atoms with van der Waals surface area (Å²) in [6.07, 6.45) is 0.346. The molecule has 0 radical (unpaired) electrons. The summed E-state index contributed by atoms with van der Waals surface area (Å²) >= 11 is 0. The summed E-state index contributed by atoms with van der Waals surface area (Å²) in [4.78, 5) is 23.5. The van der Waals surface area contributed by atoms with Crippen LogP contribution in [-0.2, 0) is 15.0 Å². The van der Waals surface area contributed by atoms with Crippen LogP contribution in [0.4, 0.5) is 0 Å². The third-order valence-corrected chi connectivity index (χ3v) is 3.70. The zero-order valence-electron chi connectivity index (χ0n) is 11.7. The molecule has 2 aromatic carbocycles. The minimum Gasteiger partial charge on any atom is -0.370 e. The van der Waals surface area contributed by atoms with Crippen molar-refractivity contribution in [2.75, 3.05) is 0 Å². The van der Waals surface area contributed by atoms with Crippen LogP contribution < -0.4 is 11.5 Å². The van der Waals surface area contributed by atoms with Gasteiger partial charge in [0.1, 0.15) is 0 Å². The fourth-order valence-corrected chi connectivity index (χ4v) is 2.62. The Bertz CT molecular complexity index is 584. The molecule has 0 bridgehead atoms. The Balaban J connectivity index is 2.60. The van der Waals surface area contributed by atoms with Crippen LogP contribution in [0.5, 0.6) is 0 Å². The van der Waals surface area contributed by atoms with E-state index in [9.17, 15) is 9.59 Å². The van der Waals surface area contributed by atoms with Gasteiger partial charge in [0.15, 0.2) is 0 Å². The summed E-state index contributed by atoms with van der Waals surface area (Å²) in [6.45, 7) is 0. The molecule has 0 spiro atoms. The van der Waals surface area contributed by atoms with Crippen molar-refractivity contribution >= 4 is 11.8 Å². The predicted octanol–water partition coefficient (Wildman–Crippen LogP) is 1.72. The molecule has 0 unspecified atom stereocenters. The van der Waals surface area contributed by atoms with Gasteiger partial charge in [-0.1, -0.05) is 60.7 Å². The van der Waals surface area contributed by atoms with Crippen LogP contribution in [0.25, 0.3) is 0 Å². The second-order valence-corrected chi connectivity index (χ2v) is 4.97. The fourth-order valence-electron chi connectivity index (χ4n) is 2.62. The Morgan fingerprint density at radius 3 is 1.57 bits per heavy atom. The molecule has 0 aliphatic rings. The highest BCUT2D eigenvalue weighted by Crippen LogP contribution is 2.36. The van der Waals surface area contributed by atoms with E-state index in [0.29, 0.717) is 0 Å². The quantitative estimate of drug-likeness (QED) is 0.845. The minimum absolute atomic E-state index is 0.0900. The highest BCUT2D eigenvalue weighted by Gasteiger charge is 2.40. The maximum atomic E-state index is 12.3. The molecule has 4 N–H and O–H groups in total. The number of rotatable bonds is 6. The second kappa shape index (κ2) is 6.22. The van der Waals surface area contributed by atoms with Gasteiger partial charge in [0.2, 0.25) is 11.8 Å². The van der Waals surface area contributed by atoms with E-state index >= 15 is 0 Å². The molecule has 4 heteroatoms. The first-order valence-corrected chi connectivity index (χ1v) is 6.76. The number of primary amides is 2. The number of benzene rings is 2. The number of amides is 2. The largest absolute Gasteiger partial charge is 0.370 e. The van der Waals surface area contributed by atoms with Gasteiger partial charge in [-0.3, -0.25) is 9.59 Å². The number of carbonyl (C=O) groups is 2. The Morgan fingerprint density at radius 1 is 0.810 bits per heavy atom. The lowest BCUT2D eigenvalue weighted by molar-refractivity contribution is -0.123. The average Bonchev–Trinajstić information content (AvgIpc) is 2.49. The van der Waals surface area contributed by atoms with E-state index in [-0.39, 0.29) is 12.8 Å². The average molecular weight is 282 g/mol. The van der Waals surface area contributed by atoms with Gasteiger partial charge in [0.05, 0.1) is 5.41 Å². The normalized spacial score (nSPS) is 11.0. The molecule has 0 aliphatic heterocycles. The Morgan fingerprint density at radius 2 is 1.24 bits per heavy atom. The molecule has 0 aliphatic carbocycles. The van der Waals surface area contributed by atoms with Gasteiger partial charge in [0.25, 0.3) is 0 Å². The molecule has 0 saturated heterocycles. The van der Waals surface area contributed by atoms with Gasteiger partial charge >= 0.3 is 0 Å². The van der Waals surface area contributed by atoms with Gasteiger partial charge in [0, 0.05) is 6.42 Å². The van der Waals surface area contributed by atoms with Crippen molar-refractivity contribution in [1.82, 2.24) is 0 Å². The van der Waals surface area contributed by atoms with Crippen molar-refractivity contribution in [1.29, 1.82) is 0 Å². The molecule has 0 aromatic heterocycles. The first-order chi connectivity index (χ1) is 10.1. The summed E-state index contributed by atoms with van der Waals surface area (Å²) in [6, 6.07) is 18.5. The number of carbonyl (C=O) groups excluding carboxylic acids is 2.